The fourth-order valence-electron chi connectivity index (χ4n) is 2.38. The van der Waals surface area contributed by atoms with Crippen LogP contribution in [0.5, 0.6) is 0 Å². The Morgan fingerprint density at radius 2 is 2.00 bits per heavy atom. The second-order valence-electron chi connectivity index (χ2n) is 4.99. The van der Waals surface area contributed by atoms with Crippen molar-refractivity contribution in [1.82, 2.24) is 8.87 Å². The number of aromatic nitrogens is 1. The van der Waals surface area contributed by atoms with Gasteiger partial charge in [-0.3, -0.25) is 0 Å². The smallest absolute Gasteiger partial charge is 0.244 e. The minimum absolute atomic E-state index is 0.215. The van der Waals surface area contributed by atoms with Crippen LogP contribution in [0, 0.1) is 5.92 Å². The van der Waals surface area contributed by atoms with E-state index in [4.69, 9.17) is 0 Å². The summed E-state index contributed by atoms with van der Waals surface area (Å²) in [6.07, 6.45) is 4.45. The minimum Gasteiger partial charge on any atom is -0.393 e. The third-order valence-electron chi connectivity index (χ3n) is 3.62. The van der Waals surface area contributed by atoms with E-state index in [2.05, 4.69) is 0 Å². The summed E-state index contributed by atoms with van der Waals surface area (Å²) >= 11 is 0. The Morgan fingerprint density at radius 3 is 2.44 bits per heavy atom. The highest BCUT2D eigenvalue weighted by molar-refractivity contribution is 7.89. The molecule has 18 heavy (non-hydrogen) atoms. The van der Waals surface area contributed by atoms with E-state index in [0.717, 1.165) is 12.8 Å². The Kier molecular flexibility index (Phi) is 3.79. The van der Waals surface area contributed by atoms with Gasteiger partial charge in [-0.05, 0) is 31.7 Å². The molecule has 2 rings (SSSR count). The Bertz CT molecular complexity index is 499. The lowest BCUT2D eigenvalue weighted by Gasteiger charge is -2.32. The van der Waals surface area contributed by atoms with Crippen molar-refractivity contribution in [2.24, 2.45) is 13.0 Å². The molecule has 1 unspecified atom stereocenters. The standard InChI is InChI=1S/C12H20N2O3S/c1-10(15)11-3-7-14(8-4-11)18(16,17)12-5-6-13(2)9-12/h5-6,9-11,15H,3-4,7-8H2,1-2H3. The van der Waals surface area contributed by atoms with Crippen LogP contribution < -0.4 is 0 Å². The Balaban J connectivity index is 2.09. The van der Waals surface area contributed by atoms with E-state index in [1.807, 2.05) is 0 Å². The molecule has 1 atom stereocenters. The molecule has 2 heterocycles. The number of rotatable bonds is 3. The van der Waals surface area contributed by atoms with Crippen LogP contribution in [0.1, 0.15) is 19.8 Å². The van der Waals surface area contributed by atoms with Gasteiger partial charge in [0.2, 0.25) is 10.0 Å². The lowest BCUT2D eigenvalue weighted by atomic mass is 9.93. The number of hydrogen-bond acceptors (Lipinski definition) is 3. The fraction of sp³-hybridized carbons (Fsp3) is 0.667. The van der Waals surface area contributed by atoms with Crippen LogP contribution in [0.2, 0.25) is 0 Å². The summed E-state index contributed by atoms with van der Waals surface area (Å²) in [5, 5.41) is 9.52. The Labute approximate surface area is 108 Å². The first-order valence-corrected chi connectivity index (χ1v) is 7.65. The van der Waals surface area contributed by atoms with Crippen molar-refractivity contribution in [3.8, 4) is 0 Å². The van der Waals surface area contributed by atoms with Crippen molar-refractivity contribution < 1.29 is 13.5 Å². The van der Waals surface area contributed by atoms with Gasteiger partial charge in [-0.2, -0.15) is 4.31 Å². The number of aryl methyl sites for hydroxylation is 1. The molecule has 0 bridgehead atoms. The molecule has 6 heteroatoms. The zero-order chi connectivity index (χ0) is 13.3. The maximum atomic E-state index is 12.3. The van der Waals surface area contributed by atoms with E-state index < -0.39 is 10.0 Å². The van der Waals surface area contributed by atoms with E-state index in [-0.39, 0.29) is 12.0 Å². The predicted octanol–water partition coefficient (Wildman–Crippen LogP) is 0.807. The van der Waals surface area contributed by atoms with Crippen molar-refractivity contribution in [1.29, 1.82) is 0 Å². The molecule has 0 radical (unpaired) electrons. The molecule has 0 aliphatic carbocycles. The number of aliphatic hydroxyl groups excluding tert-OH is 1. The van der Waals surface area contributed by atoms with Crippen LogP contribution in [0.25, 0.3) is 0 Å². The molecule has 1 N–H and O–H groups in total. The van der Waals surface area contributed by atoms with Crippen molar-refractivity contribution in [3.05, 3.63) is 18.5 Å². The maximum Gasteiger partial charge on any atom is 0.244 e. The van der Waals surface area contributed by atoms with Gasteiger partial charge in [-0.15, -0.1) is 0 Å². The van der Waals surface area contributed by atoms with Gasteiger partial charge in [0.05, 0.1) is 11.0 Å². The normalized spacial score (nSPS) is 21.1. The molecule has 1 fully saturated rings. The predicted molar refractivity (Wildman–Crippen MR) is 68.6 cm³/mol. The van der Waals surface area contributed by atoms with Crippen molar-refractivity contribution in [3.63, 3.8) is 0 Å². The van der Waals surface area contributed by atoms with Gasteiger partial charge in [-0.25, -0.2) is 8.42 Å². The highest BCUT2D eigenvalue weighted by Crippen LogP contribution is 2.25. The zero-order valence-electron chi connectivity index (χ0n) is 10.8. The molecule has 0 saturated carbocycles. The largest absolute Gasteiger partial charge is 0.393 e. The monoisotopic (exact) mass is 272 g/mol. The summed E-state index contributed by atoms with van der Waals surface area (Å²) in [6.45, 7) is 2.76. The van der Waals surface area contributed by atoms with Gasteiger partial charge >= 0.3 is 0 Å². The highest BCUT2D eigenvalue weighted by atomic mass is 32.2. The molecular weight excluding hydrogens is 252 g/mol. The van der Waals surface area contributed by atoms with Crippen molar-refractivity contribution in [2.45, 2.75) is 30.8 Å². The lowest BCUT2D eigenvalue weighted by Crippen LogP contribution is -2.40. The third kappa shape index (κ3) is 2.60. The number of piperidine rings is 1. The van der Waals surface area contributed by atoms with Crippen LogP contribution >= 0.6 is 0 Å². The maximum absolute atomic E-state index is 12.3. The topological polar surface area (TPSA) is 62.5 Å². The third-order valence-corrected chi connectivity index (χ3v) is 5.51. The SMILES string of the molecule is CC(O)C1CCN(S(=O)(=O)c2ccn(C)c2)CC1. The van der Waals surface area contributed by atoms with Crippen LogP contribution in [-0.2, 0) is 17.1 Å². The summed E-state index contributed by atoms with van der Waals surface area (Å²) in [4.78, 5) is 0.348. The quantitative estimate of drug-likeness (QED) is 0.885. The average Bonchev–Trinajstić information content (AvgIpc) is 2.76. The molecule has 0 spiro atoms. The van der Waals surface area contributed by atoms with E-state index >= 15 is 0 Å². The molecule has 1 saturated heterocycles. The summed E-state index contributed by atoms with van der Waals surface area (Å²) in [5.41, 5.74) is 0. The van der Waals surface area contributed by atoms with E-state index in [0.29, 0.717) is 18.0 Å². The van der Waals surface area contributed by atoms with E-state index in [1.54, 1.807) is 37.0 Å². The van der Waals surface area contributed by atoms with Gasteiger partial charge in [0, 0.05) is 32.5 Å². The van der Waals surface area contributed by atoms with Gasteiger partial charge in [0.1, 0.15) is 0 Å². The molecule has 5 nitrogen and oxygen atoms in total. The molecule has 1 aromatic rings. The summed E-state index contributed by atoms with van der Waals surface area (Å²) in [5.74, 6) is 0.215. The van der Waals surface area contributed by atoms with Crippen molar-refractivity contribution in [2.75, 3.05) is 13.1 Å². The molecule has 0 aromatic carbocycles. The first kappa shape index (κ1) is 13.6. The number of sulfonamides is 1. The summed E-state index contributed by atoms with van der Waals surface area (Å²) in [6, 6.07) is 1.62. The number of nitrogens with zero attached hydrogens (tertiary/aromatic N) is 2. The minimum atomic E-state index is -3.36. The first-order chi connectivity index (χ1) is 8.41. The second kappa shape index (κ2) is 5.03. The van der Waals surface area contributed by atoms with E-state index in [9.17, 15) is 13.5 Å². The summed E-state index contributed by atoms with van der Waals surface area (Å²) < 4.78 is 27.9. The zero-order valence-corrected chi connectivity index (χ0v) is 11.6. The molecule has 1 aliphatic heterocycles. The molecule has 0 amide bonds. The average molecular weight is 272 g/mol. The highest BCUT2D eigenvalue weighted by Gasteiger charge is 2.31. The van der Waals surface area contributed by atoms with Gasteiger partial charge in [-0.1, -0.05) is 0 Å². The molecular formula is C12H20N2O3S. The van der Waals surface area contributed by atoms with Gasteiger partial charge in [0.15, 0.2) is 0 Å². The molecule has 1 aliphatic rings. The Hall–Kier alpha value is -0.850. The van der Waals surface area contributed by atoms with Crippen LogP contribution in [-0.4, -0.2) is 41.6 Å². The van der Waals surface area contributed by atoms with Gasteiger partial charge in [0.25, 0.3) is 0 Å². The molecule has 102 valence electrons. The summed E-state index contributed by atoms with van der Waals surface area (Å²) in [7, 11) is -1.56. The second-order valence-corrected chi connectivity index (χ2v) is 6.93. The Morgan fingerprint density at radius 1 is 1.39 bits per heavy atom. The van der Waals surface area contributed by atoms with Crippen LogP contribution in [0.3, 0.4) is 0 Å². The fourth-order valence-corrected chi connectivity index (χ4v) is 3.90. The first-order valence-electron chi connectivity index (χ1n) is 6.21. The van der Waals surface area contributed by atoms with Crippen LogP contribution in [0.15, 0.2) is 23.4 Å². The molecule has 1 aromatic heterocycles. The van der Waals surface area contributed by atoms with Gasteiger partial charge < -0.3 is 9.67 Å². The van der Waals surface area contributed by atoms with E-state index in [1.165, 1.54) is 4.31 Å². The number of aliphatic hydroxyl groups is 1. The van der Waals surface area contributed by atoms with Crippen LogP contribution in [0.4, 0.5) is 0 Å². The lowest BCUT2D eigenvalue weighted by molar-refractivity contribution is 0.0912. The number of hydrogen-bond donors (Lipinski definition) is 1. The van der Waals surface area contributed by atoms with Crippen molar-refractivity contribution >= 4 is 10.0 Å².